The molecular formula is C18H30O2. The van der Waals surface area contributed by atoms with Crippen LogP contribution in [0.5, 0.6) is 5.75 Å². The van der Waals surface area contributed by atoms with Crippen molar-refractivity contribution in [1.29, 1.82) is 0 Å². The number of rotatable bonds is 12. The summed E-state index contributed by atoms with van der Waals surface area (Å²) in [4.78, 5) is 0. The standard InChI is InChI=1S/C18H30O2/c1-2-3-4-5-6-7-8-9-10-15-20-18-13-11-17(16-19)12-14-18/h11-14,19H,2-10,15-16H2,1H3. The monoisotopic (exact) mass is 278 g/mol. The van der Waals surface area contributed by atoms with Crippen molar-refractivity contribution in [2.75, 3.05) is 6.61 Å². The minimum Gasteiger partial charge on any atom is -0.494 e. The molecule has 0 amide bonds. The second-order valence-electron chi connectivity index (χ2n) is 5.48. The van der Waals surface area contributed by atoms with Crippen LogP contribution in [-0.4, -0.2) is 11.7 Å². The van der Waals surface area contributed by atoms with E-state index >= 15 is 0 Å². The minimum absolute atomic E-state index is 0.0958. The summed E-state index contributed by atoms with van der Waals surface area (Å²) in [6, 6.07) is 7.68. The zero-order chi connectivity index (χ0) is 14.5. The van der Waals surface area contributed by atoms with Crippen molar-refractivity contribution < 1.29 is 9.84 Å². The Kier molecular flexibility index (Phi) is 10.0. The molecule has 1 N–H and O–H groups in total. The third-order valence-electron chi connectivity index (χ3n) is 3.62. The molecule has 0 aromatic heterocycles. The summed E-state index contributed by atoms with van der Waals surface area (Å²) in [7, 11) is 0. The highest BCUT2D eigenvalue weighted by Gasteiger charge is 1.96. The average molecular weight is 278 g/mol. The molecule has 0 aliphatic rings. The van der Waals surface area contributed by atoms with E-state index in [0.717, 1.165) is 24.3 Å². The molecule has 20 heavy (non-hydrogen) atoms. The fraction of sp³-hybridized carbons (Fsp3) is 0.667. The lowest BCUT2D eigenvalue weighted by Gasteiger charge is -2.06. The highest BCUT2D eigenvalue weighted by molar-refractivity contribution is 5.26. The predicted octanol–water partition coefficient (Wildman–Crippen LogP) is 5.09. The van der Waals surface area contributed by atoms with Gasteiger partial charge in [0.25, 0.3) is 0 Å². The number of aliphatic hydroxyl groups is 1. The Morgan fingerprint density at radius 2 is 1.35 bits per heavy atom. The Hall–Kier alpha value is -1.02. The van der Waals surface area contributed by atoms with Crippen LogP contribution in [0, 0.1) is 0 Å². The minimum atomic E-state index is 0.0958. The quantitative estimate of drug-likeness (QED) is 0.540. The molecule has 1 aromatic carbocycles. The lowest BCUT2D eigenvalue weighted by molar-refractivity contribution is 0.281. The normalized spacial score (nSPS) is 10.7. The van der Waals surface area contributed by atoms with Crippen LogP contribution in [0.3, 0.4) is 0 Å². The molecule has 1 rings (SSSR count). The summed E-state index contributed by atoms with van der Waals surface area (Å²) in [5.74, 6) is 0.904. The van der Waals surface area contributed by atoms with Gasteiger partial charge < -0.3 is 9.84 Å². The first-order chi connectivity index (χ1) is 9.86. The molecule has 0 saturated carbocycles. The summed E-state index contributed by atoms with van der Waals surface area (Å²) < 4.78 is 5.68. The van der Waals surface area contributed by atoms with Crippen LogP contribution in [-0.2, 0) is 6.61 Å². The van der Waals surface area contributed by atoms with E-state index in [1.165, 1.54) is 51.4 Å². The lowest BCUT2D eigenvalue weighted by Crippen LogP contribution is -1.97. The van der Waals surface area contributed by atoms with Gasteiger partial charge in [-0.15, -0.1) is 0 Å². The third kappa shape index (κ3) is 8.21. The molecule has 114 valence electrons. The van der Waals surface area contributed by atoms with Crippen LogP contribution in [0.25, 0.3) is 0 Å². The number of hydrogen-bond donors (Lipinski definition) is 1. The van der Waals surface area contributed by atoms with Gasteiger partial charge in [0, 0.05) is 0 Å². The van der Waals surface area contributed by atoms with Gasteiger partial charge in [-0.3, -0.25) is 0 Å². The van der Waals surface area contributed by atoms with Crippen molar-refractivity contribution in [2.24, 2.45) is 0 Å². The van der Waals surface area contributed by atoms with E-state index in [2.05, 4.69) is 6.92 Å². The predicted molar refractivity (Wildman–Crippen MR) is 85.1 cm³/mol. The molecule has 1 aromatic rings. The Labute approximate surface area is 124 Å². The molecule has 0 radical (unpaired) electrons. The number of benzene rings is 1. The summed E-state index contributed by atoms with van der Waals surface area (Å²) in [6.45, 7) is 3.16. The van der Waals surface area contributed by atoms with Crippen molar-refractivity contribution in [3.05, 3.63) is 29.8 Å². The Balaban J connectivity index is 1.91. The van der Waals surface area contributed by atoms with E-state index in [0.29, 0.717) is 0 Å². The number of hydrogen-bond acceptors (Lipinski definition) is 2. The Morgan fingerprint density at radius 1 is 0.800 bits per heavy atom. The molecule has 2 heteroatoms. The Morgan fingerprint density at radius 3 is 1.90 bits per heavy atom. The van der Waals surface area contributed by atoms with Crippen molar-refractivity contribution in [2.45, 2.75) is 71.3 Å². The molecule has 0 spiro atoms. The molecule has 0 atom stereocenters. The first kappa shape index (κ1) is 17.0. The lowest BCUT2D eigenvalue weighted by atomic mass is 10.1. The van der Waals surface area contributed by atoms with E-state index in [1.807, 2.05) is 24.3 Å². The van der Waals surface area contributed by atoms with Gasteiger partial charge in [0.2, 0.25) is 0 Å². The van der Waals surface area contributed by atoms with Gasteiger partial charge in [0.1, 0.15) is 5.75 Å². The number of ether oxygens (including phenoxy) is 1. The van der Waals surface area contributed by atoms with Crippen LogP contribution in [0.1, 0.15) is 70.3 Å². The highest BCUT2D eigenvalue weighted by Crippen LogP contribution is 2.13. The van der Waals surface area contributed by atoms with Gasteiger partial charge in [0.15, 0.2) is 0 Å². The molecule has 0 unspecified atom stereocenters. The third-order valence-corrected chi connectivity index (χ3v) is 3.62. The van der Waals surface area contributed by atoms with Gasteiger partial charge in [-0.1, -0.05) is 70.4 Å². The molecule has 0 aliphatic heterocycles. The summed E-state index contributed by atoms with van der Waals surface area (Å²) in [6.07, 6.45) is 12.0. The number of unbranched alkanes of at least 4 members (excludes halogenated alkanes) is 8. The van der Waals surface area contributed by atoms with Gasteiger partial charge >= 0.3 is 0 Å². The van der Waals surface area contributed by atoms with E-state index in [4.69, 9.17) is 9.84 Å². The van der Waals surface area contributed by atoms with Crippen LogP contribution in [0.2, 0.25) is 0 Å². The van der Waals surface area contributed by atoms with Crippen molar-refractivity contribution in [3.8, 4) is 5.75 Å². The SMILES string of the molecule is CCCCCCCCCCCOc1ccc(CO)cc1. The molecule has 0 heterocycles. The van der Waals surface area contributed by atoms with Gasteiger partial charge in [0.05, 0.1) is 13.2 Å². The topological polar surface area (TPSA) is 29.5 Å². The van der Waals surface area contributed by atoms with Crippen molar-refractivity contribution in [3.63, 3.8) is 0 Å². The molecule has 0 fully saturated rings. The van der Waals surface area contributed by atoms with E-state index < -0.39 is 0 Å². The second kappa shape index (κ2) is 11.8. The zero-order valence-electron chi connectivity index (χ0n) is 12.9. The van der Waals surface area contributed by atoms with E-state index in [-0.39, 0.29) is 6.61 Å². The van der Waals surface area contributed by atoms with Gasteiger partial charge in [-0.05, 0) is 24.1 Å². The second-order valence-corrected chi connectivity index (χ2v) is 5.48. The molecule has 0 bridgehead atoms. The zero-order valence-corrected chi connectivity index (χ0v) is 12.9. The molecule has 2 nitrogen and oxygen atoms in total. The van der Waals surface area contributed by atoms with Crippen molar-refractivity contribution in [1.82, 2.24) is 0 Å². The van der Waals surface area contributed by atoms with Crippen LogP contribution in [0.15, 0.2) is 24.3 Å². The first-order valence-corrected chi connectivity index (χ1v) is 8.19. The molecular weight excluding hydrogens is 248 g/mol. The fourth-order valence-electron chi connectivity index (χ4n) is 2.29. The highest BCUT2D eigenvalue weighted by atomic mass is 16.5. The largest absolute Gasteiger partial charge is 0.494 e. The molecule has 0 saturated heterocycles. The van der Waals surface area contributed by atoms with Gasteiger partial charge in [-0.2, -0.15) is 0 Å². The van der Waals surface area contributed by atoms with Gasteiger partial charge in [-0.25, -0.2) is 0 Å². The maximum atomic E-state index is 8.95. The van der Waals surface area contributed by atoms with Crippen molar-refractivity contribution >= 4 is 0 Å². The first-order valence-electron chi connectivity index (χ1n) is 8.19. The molecule has 0 aliphatic carbocycles. The van der Waals surface area contributed by atoms with Crippen LogP contribution < -0.4 is 4.74 Å². The summed E-state index contributed by atoms with van der Waals surface area (Å²) in [5.41, 5.74) is 0.931. The number of aliphatic hydroxyl groups excluding tert-OH is 1. The summed E-state index contributed by atoms with van der Waals surface area (Å²) >= 11 is 0. The maximum Gasteiger partial charge on any atom is 0.119 e. The smallest absolute Gasteiger partial charge is 0.119 e. The Bertz CT molecular complexity index is 319. The summed E-state index contributed by atoms with van der Waals surface area (Å²) in [5, 5.41) is 8.95. The van der Waals surface area contributed by atoms with E-state index in [9.17, 15) is 0 Å². The van der Waals surface area contributed by atoms with Crippen LogP contribution >= 0.6 is 0 Å². The average Bonchev–Trinajstić information content (AvgIpc) is 2.50. The van der Waals surface area contributed by atoms with Crippen LogP contribution in [0.4, 0.5) is 0 Å². The maximum absolute atomic E-state index is 8.95. The van der Waals surface area contributed by atoms with E-state index in [1.54, 1.807) is 0 Å². The fourth-order valence-corrected chi connectivity index (χ4v) is 2.29.